The number of hydrogen-bond donors (Lipinski definition) is 3. The topological polar surface area (TPSA) is 77.5 Å². The molecular weight excluding hydrogens is 304 g/mol. The van der Waals surface area contributed by atoms with Gasteiger partial charge in [-0.05, 0) is 30.9 Å². The van der Waals surface area contributed by atoms with Crippen molar-refractivity contribution in [3.63, 3.8) is 0 Å². The number of aliphatic hydroxyl groups excluding tert-OH is 1. The summed E-state index contributed by atoms with van der Waals surface area (Å²) in [5.41, 5.74) is 0.331. The molecule has 0 bridgehead atoms. The maximum atomic E-state index is 12.3. The first-order valence-corrected chi connectivity index (χ1v) is 8.74. The van der Waals surface area contributed by atoms with E-state index < -0.39 is 11.5 Å². The van der Waals surface area contributed by atoms with Crippen molar-refractivity contribution in [1.29, 1.82) is 0 Å². The lowest BCUT2D eigenvalue weighted by atomic mass is 9.81. The second-order valence-corrected chi connectivity index (χ2v) is 7.55. The van der Waals surface area contributed by atoms with Crippen molar-refractivity contribution in [2.24, 2.45) is 11.3 Å². The first kappa shape index (κ1) is 18.5. The van der Waals surface area contributed by atoms with E-state index in [1.54, 1.807) is 6.20 Å². The fraction of sp³-hybridized carbons (Fsp3) is 0.667. The molecule has 6 heteroatoms. The van der Waals surface area contributed by atoms with E-state index in [9.17, 15) is 9.90 Å². The van der Waals surface area contributed by atoms with Crippen LogP contribution in [0, 0.1) is 11.3 Å². The number of aliphatic hydroxyl groups is 1. The van der Waals surface area contributed by atoms with E-state index in [-0.39, 0.29) is 11.9 Å². The first-order chi connectivity index (χ1) is 11.3. The number of nitrogens with zero attached hydrogens (tertiary/aromatic N) is 2. The molecule has 0 radical (unpaired) electrons. The Balaban J connectivity index is 1.95. The van der Waals surface area contributed by atoms with Gasteiger partial charge in [0.05, 0.1) is 11.8 Å². The Bertz CT molecular complexity index is 554. The molecular formula is C18H30N4O2. The molecule has 134 valence electrons. The van der Waals surface area contributed by atoms with Gasteiger partial charge in [-0.3, -0.25) is 0 Å². The third-order valence-electron chi connectivity index (χ3n) is 4.58. The maximum absolute atomic E-state index is 12.3. The molecule has 2 heterocycles. The molecule has 2 amide bonds. The second-order valence-electron chi connectivity index (χ2n) is 7.55. The molecule has 1 aliphatic rings. The van der Waals surface area contributed by atoms with Crippen LogP contribution in [-0.2, 0) is 0 Å². The number of hydrogen-bond acceptors (Lipinski definition) is 4. The van der Waals surface area contributed by atoms with Crippen LogP contribution in [0.15, 0.2) is 18.3 Å². The Morgan fingerprint density at radius 1 is 1.38 bits per heavy atom. The normalized spacial score (nSPS) is 16.3. The van der Waals surface area contributed by atoms with Crippen LogP contribution in [0.1, 0.15) is 40.5 Å². The molecule has 3 N–H and O–H groups in total. The number of carbonyl (C=O) groups is 1. The Labute approximate surface area is 144 Å². The quantitative estimate of drug-likeness (QED) is 0.747. The first-order valence-electron chi connectivity index (χ1n) is 8.74. The molecule has 0 saturated carbocycles. The fourth-order valence-electron chi connectivity index (χ4n) is 3.16. The largest absolute Gasteiger partial charge is 0.392 e. The highest BCUT2D eigenvalue weighted by atomic mass is 16.3. The SMILES string of the molecule is CC(C)C(O)C(C)(C)CNC(=O)Nc1cccnc1N1CCCC1. The van der Waals surface area contributed by atoms with Crippen LogP contribution in [0.5, 0.6) is 0 Å². The Morgan fingerprint density at radius 3 is 2.67 bits per heavy atom. The number of aromatic nitrogens is 1. The van der Waals surface area contributed by atoms with Crippen LogP contribution in [-0.4, -0.2) is 41.9 Å². The molecule has 1 aliphatic heterocycles. The second kappa shape index (κ2) is 7.83. The number of amides is 2. The monoisotopic (exact) mass is 334 g/mol. The van der Waals surface area contributed by atoms with Gasteiger partial charge in [0.15, 0.2) is 5.82 Å². The summed E-state index contributed by atoms with van der Waals surface area (Å²) in [6, 6.07) is 3.42. The summed E-state index contributed by atoms with van der Waals surface area (Å²) in [5.74, 6) is 0.969. The van der Waals surface area contributed by atoms with Gasteiger partial charge in [0, 0.05) is 31.2 Å². The molecule has 1 unspecified atom stereocenters. The summed E-state index contributed by atoms with van der Waals surface area (Å²) in [7, 11) is 0. The van der Waals surface area contributed by atoms with Crippen molar-refractivity contribution in [2.45, 2.75) is 46.6 Å². The van der Waals surface area contributed by atoms with E-state index in [0.717, 1.165) is 37.4 Å². The average Bonchev–Trinajstić information content (AvgIpc) is 3.07. The number of carbonyl (C=O) groups excluding carboxylic acids is 1. The summed E-state index contributed by atoms with van der Waals surface area (Å²) < 4.78 is 0. The van der Waals surface area contributed by atoms with E-state index in [1.807, 2.05) is 39.8 Å². The van der Waals surface area contributed by atoms with Crippen LogP contribution in [0.4, 0.5) is 16.3 Å². The van der Waals surface area contributed by atoms with Crippen molar-refractivity contribution >= 4 is 17.5 Å². The third kappa shape index (κ3) is 4.60. The number of anilines is 2. The van der Waals surface area contributed by atoms with Gasteiger partial charge in [-0.2, -0.15) is 0 Å². The molecule has 1 atom stereocenters. The Hall–Kier alpha value is -1.82. The number of nitrogens with one attached hydrogen (secondary N) is 2. The molecule has 0 spiro atoms. The minimum absolute atomic E-state index is 0.143. The van der Waals surface area contributed by atoms with Gasteiger partial charge in [-0.25, -0.2) is 9.78 Å². The van der Waals surface area contributed by atoms with Gasteiger partial charge in [-0.15, -0.1) is 0 Å². The molecule has 1 aromatic heterocycles. The molecule has 1 fully saturated rings. The van der Waals surface area contributed by atoms with Gasteiger partial charge in [0.1, 0.15) is 0 Å². The molecule has 1 aromatic rings. The summed E-state index contributed by atoms with van der Waals surface area (Å²) in [6.07, 6.45) is 3.59. The Morgan fingerprint density at radius 2 is 2.04 bits per heavy atom. The minimum atomic E-state index is -0.476. The van der Waals surface area contributed by atoms with Crippen molar-refractivity contribution in [1.82, 2.24) is 10.3 Å². The highest BCUT2D eigenvalue weighted by Crippen LogP contribution is 2.27. The maximum Gasteiger partial charge on any atom is 0.319 e. The zero-order valence-electron chi connectivity index (χ0n) is 15.2. The summed E-state index contributed by atoms with van der Waals surface area (Å²) in [4.78, 5) is 18.9. The van der Waals surface area contributed by atoms with Crippen LogP contribution in [0.3, 0.4) is 0 Å². The smallest absolute Gasteiger partial charge is 0.319 e. The van der Waals surface area contributed by atoms with Gasteiger partial charge >= 0.3 is 6.03 Å². The standard InChI is InChI=1S/C18H30N4O2/c1-13(2)15(23)18(3,4)12-20-17(24)21-14-8-7-9-19-16(14)22-10-5-6-11-22/h7-9,13,15,23H,5-6,10-12H2,1-4H3,(H2,20,21,24). The predicted molar refractivity (Wildman–Crippen MR) is 97.3 cm³/mol. The van der Waals surface area contributed by atoms with E-state index in [0.29, 0.717) is 6.54 Å². The lowest BCUT2D eigenvalue weighted by Crippen LogP contribution is -2.44. The molecule has 1 saturated heterocycles. The minimum Gasteiger partial charge on any atom is -0.392 e. The van der Waals surface area contributed by atoms with Crippen LogP contribution >= 0.6 is 0 Å². The van der Waals surface area contributed by atoms with E-state index in [2.05, 4.69) is 20.5 Å². The molecule has 0 aromatic carbocycles. The van der Waals surface area contributed by atoms with Crippen molar-refractivity contribution in [3.05, 3.63) is 18.3 Å². The predicted octanol–water partition coefficient (Wildman–Crippen LogP) is 2.85. The highest BCUT2D eigenvalue weighted by Gasteiger charge is 2.30. The van der Waals surface area contributed by atoms with Crippen LogP contribution in [0.2, 0.25) is 0 Å². The van der Waals surface area contributed by atoms with Gasteiger partial charge < -0.3 is 20.6 Å². The summed E-state index contributed by atoms with van der Waals surface area (Å²) in [5, 5.41) is 16.0. The molecule has 0 aliphatic carbocycles. The zero-order valence-corrected chi connectivity index (χ0v) is 15.2. The van der Waals surface area contributed by atoms with Crippen molar-refractivity contribution < 1.29 is 9.90 Å². The highest BCUT2D eigenvalue weighted by molar-refractivity contribution is 5.92. The van der Waals surface area contributed by atoms with E-state index in [1.165, 1.54) is 0 Å². The van der Waals surface area contributed by atoms with Crippen molar-refractivity contribution in [2.75, 3.05) is 29.9 Å². The average molecular weight is 334 g/mol. The number of urea groups is 1. The lowest BCUT2D eigenvalue weighted by Gasteiger charge is -2.33. The summed E-state index contributed by atoms with van der Waals surface area (Å²) in [6.45, 7) is 10.2. The zero-order chi connectivity index (χ0) is 17.7. The van der Waals surface area contributed by atoms with Gasteiger partial charge in [-0.1, -0.05) is 27.7 Å². The fourth-order valence-corrected chi connectivity index (χ4v) is 3.16. The van der Waals surface area contributed by atoms with Gasteiger partial charge in [0.25, 0.3) is 0 Å². The van der Waals surface area contributed by atoms with Crippen molar-refractivity contribution in [3.8, 4) is 0 Å². The number of rotatable bonds is 6. The van der Waals surface area contributed by atoms with E-state index in [4.69, 9.17) is 0 Å². The van der Waals surface area contributed by atoms with Crippen LogP contribution < -0.4 is 15.5 Å². The third-order valence-corrected chi connectivity index (χ3v) is 4.58. The molecule has 2 rings (SSSR count). The molecule has 6 nitrogen and oxygen atoms in total. The van der Waals surface area contributed by atoms with Crippen LogP contribution in [0.25, 0.3) is 0 Å². The van der Waals surface area contributed by atoms with Gasteiger partial charge in [0.2, 0.25) is 0 Å². The molecule has 24 heavy (non-hydrogen) atoms. The Kier molecular flexibility index (Phi) is 6.04. The lowest BCUT2D eigenvalue weighted by molar-refractivity contribution is 0.0154. The van der Waals surface area contributed by atoms with E-state index >= 15 is 0 Å². The summed E-state index contributed by atoms with van der Waals surface area (Å²) >= 11 is 0. The number of pyridine rings is 1.